The first-order valence-corrected chi connectivity index (χ1v) is 7.77. The molecule has 1 heterocycles. The van der Waals surface area contributed by atoms with Crippen LogP contribution in [0.4, 0.5) is 0 Å². The van der Waals surface area contributed by atoms with Gasteiger partial charge in [0.1, 0.15) is 10.7 Å². The molecule has 0 radical (unpaired) electrons. The van der Waals surface area contributed by atoms with E-state index in [4.69, 9.17) is 4.42 Å². The second-order valence-corrected chi connectivity index (χ2v) is 5.98. The fourth-order valence-electron chi connectivity index (χ4n) is 1.32. The van der Waals surface area contributed by atoms with Crippen molar-refractivity contribution in [2.75, 3.05) is 13.1 Å². The summed E-state index contributed by atoms with van der Waals surface area (Å²) in [6.07, 6.45) is 1.02. The number of halogens is 1. The van der Waals surface area contributed by atoms with Gasteiger partial charge < -0.3 is 9.73 Å². The van der Waals surface area contributed by atoms with Crippen LogP contribution in [0, 0.1) is 0 Å². The van der Waals surface area contributed by atoms with E-state index < -0.39 is 10.0 Å². The Hall–Kier alpha value is -0.370. The first-order valence-electron chi connectivity index (χ1n) is 5.49. The van der Waals surface area contributed by atoms with Gasteiger partial charge in [-0.3, -0.25) is 0 Å². The van der Waals surface area contributed by atoms with Crippen LogP contribution >= 0.6 is 15.9 Å². The van der Waals surface area contributed by atoms with Crippen molar-refractivity contribution in [2.45, 2.75) is 31.7 Å². The van der Waals surface area contributed by atoms with Crippen LogP contribution in [-0.2, 0) is 16.6 Å². The molecule has 0 unspecified atom stereocenters. The lowest BCUT2D eigenvalue weighted by Gasteiger charge is -2.00. The highest BCUT2D eigenvalue weighted by atomic mass is 79.9. The molecular formula is C10H17BrN2O3S. The summed E-state index contributed by atoms with van der Waals surface area (Å²) in [7, 11) is -3.47. The zero-order valence-electron chi connectivity index (χ0n) is 9.92. The molecule has 2 N–H and O–H groups in total. The maximum absolute atomic E-state index is 11.8. The highest BCUT2D eigenvalue weighted by Gasteiger charge is 2.21. The molecule has 0 saturated carbocycles. The van der Waals surface area contributed by atoms with Crippen LogP contribution in [0.15, 0.2) is 20.0 Å². The van der Waals surface area contributed by atoms with Gasteiger partial charge in [0.2, 0.25) is 10.0 Å². The lowest BCUT2D eigenvalue weighted by atomic mass is 10.4. The summed E-state index contributed by atoms with van der Waals surface area (Å²) in [4.78, 5) is 0.146. The lowest BCUT2D eigenvalue weighted by Crippen LogP contribution is -2.23. The molecule has 1 aromatic rings. The second-order valence-electron chi connectivity index (χ2n) is 3.53. The highest BCUT2D eigenvalue weighted by Crippen LogP contribution is 2.25. The molecule has 0 saturated heterocycles. The molecular weight excluding hydrogens is 308 g/mol. The van der Waals surface area contributed by atoms with E-state index in [0.717, 1.165) is 13.0 Å². The number of furan rings is 1. The van der Waals surface area contributed by atoms with Crippen molar-refractivity contribution in [3.05, 3.63) is 16.5 Å². The summed E-state index contributed by atoms with van der Waals surface area (Å²) in [6, 6.07) is 1.53. The van der Waals surface area contributed by atoms with Crippen molar-refractivity contribution >= 4 is 26.0 Å². The molecule has 0 aliphatic heterocycles. The fourth-order valence-corrected chi connectivity index (χ4v) is 3.36. The molecule has 0 spiro atoms. The van der Waals surface area contributed by atoms with Crippen LogP contribution in [0.25, 0.3) is 0 Å². The van der Waals surface area contributed by atoms with E-state index >= 15 is 0 Å². The molecule has 0 aliphatic rings. The van der Waals surface area contributed by atoms with Gasteiger partial charge in [0.25, 0.3) is 0 Å². The van der Waals surface area contributed by atoms with Crippen molar-refractivity contribution in [1.82, 2.24) is 10.0 Å². The number of nitrogens with one attached hydrogen (secondary N) is 2. The van der Waals surface area contributed by atoms with Gasteiger partial charge >= 0.3 is 0 Å². The number of rotatable bonds is 7. The maximum Gasteiger partial charge on any atom is 0.244 e. The summed E-state index contributed by atoms with van der Waals surface area (Å²) in [5, 5.41) is 3.15. The van der Waals surface area contributed by atoms with E-state index in [-0.39, 0.29) is 9.56 Å². The highest BCUT2D eigenvalue weighted by molar-refractivity contribution is 9.10. The Bertz CT molecular complexity index is 456. The summed E-state index contributed by atoms with van der Waals surface area (Å²) >= 11 is 3.12. The number of hydrogen-bond donors (Lipinski definition) is 2. The maximum atomic E-state index is 11.8. The van der Waals surface area contributed by atoms with Gasteiger partial charge in [0, 0.05) is 12.6 Å². The minimum atomic E-state index is -3.47. The fraction of sp³-hybridized carbons (Fsp3) is 0.600. The normalized spacial score (nSPS) is 11.9. The van der Waals surface area contributed by atoms with Gasteiger partial charge in [-0.15, -0.1) is 0 Å². The third-order valence-corrected chi connectivity index (χ3v) is 4.46. The van der Waals surface area contributed by atoms with Crippen molar-refractivity contribution in [1.29, 1.82) is 0 Å². The Balaban J connectivity index is 2.81. The molecule has 1 rings (SSSR count). The molecule has 0 aliphatic carbocycles. The summed E-state index contributed by atoms with van der Waals surface area (Å²) in [5.41, 5.74) is 0. The average Bonchev–Trinajstić information content (AvgIpc) is 2.61. The van der Waals surface area contributed by atoms with Gasteiger partial charge in [0.15, 0.2) is 4.67 Å². The zero-order valence-corrected chi connectivity index (χ0v) is 12.3. The molecule has 7 heteroatoms. The van der Waals surface area contributed by atoms with E-state index in [1.54, 1.807) is 6.92 Å². The van der Waals surface area contributed by atoms with Crippen LogP contribution < -0.4 is 10.0 Å². The van der Waals surface area contributed by atoms with Crippen LogP contribution in [0.1, 0.15) is 26.0 Å². The molecule has 5 nitrogen and oxygen atoms in total. The number of sulfonamides is 1. The Morgan fingerprint density at radius 1 is 1.41 bits per heavy atom. The zero-order chi connectivity index (χ0) is 12.9. The van der Waals surface area contributed by atoms with E-state index in [0.29, 0.717) is 18.8 Å². The predicted octanol–water partition coefficient (Wildman–Crippen LogP) is 1.84. The minimum absolute atomic E-state index is 0.146. The van der Waals surface area contributed by atoms with E-state index in [1.165, 1.54) is 6.07 Å². The second kappa shape index (κ2) is 6.53. The Kier molecular flexibility index (Phi) is 5.64. The van der Waals surface area contributed by atoms with Crippen LogP contribution in [-0.4, -0.2) is 21.5 Å². The van der Waals surface area contributed by atoms with E-state index in [9.17, 15) is 8.42 Å². The van der Waals surface area contributed by atoms with Crippen molar-refractivity contribution in [3.8, 4) is 0 Å². The predicted molar refractivity (Wildman–Crippen MR) is 69.3 cm³/mol. The van der Waals surface area contributed by atoms with Crippen molar-refractivity contribution < 1.29 is 12.8 Å². The number of hydrogen-bond acceptors (Lipinski definition) is 4. The van der Waals surface area contributed by atoms with E-state index in [2.05, 4.69) is 32.9 Å². The summed E-state index contributed by atoms with van der Waals surface area (Å²) in [6.45, 7) is 5.53. The van der Waals surface area contributed by atoms with Gasteiger partial charge in [-0.05, 0) is 28.9 Å². The van der Waals surface area contributed by atoms with Crippen molar-refractivity contribution in [3.63, 3.8) is 0 Å². The molecule has 0 atom stereocenters. The molecule has 0 fully saturated rings. The molecule has 0 amide bonds. The Labute approximate surface area is 110 Å². The van der Waals surface area contributed by atoms with E-state index in [1.807, 2.05) is 0 Å². The average molecular weight is 325 g/mol. The topological polar surface area (TPSA) is 71.3 Å². The SMILES string of the molecule is CCCNCc1cc(S(=O)(=O)NCC)c(Br)o1. The first kappa shape index (κ1) is 14.7. The molecule has 0 bridgehead atoms. The first-order chi connectivity index (χ1) is 8.01. The smallest absolute Gasteiger partial charge is 0.244 e. The monoisotopic (exact) mass is 324 g/mol. The van der Waals surface area contributed by atoms with Crippen LogP contribution in [0.2, 0.25) is 0 Å². The summed E-state index contributed by atoms with van der Waals surface area (Å²) in [5.74, 6) is 0.599. The Morgan fingerprint density at radius 3 is 2.71 bits per heavy atom. The quantitative estimate of drug-likeness (QED) is 0.751. The third kappa shape index (κ3) is 4.09. The lowest BCUT2D eigenvalue weighted by molar-refractivity contribution is 0.461. The largest absolute Gasteiger partial charge is 0.452 e. The molecule has 98 valence electrons. The third-order valence-electron chi connectivity index (χ3n) is 2.06. The van der Waals surface area contributed by atoms with Crippen LogP contribution in [0.5, 0.6) is 0 Å². The van der Waals surface area contributed by atoms with Crippen LogP contribution in [0.3, 0.4) is 0 Å². The molecule has 17 heavy (non-hydrogen) atoms. The standard InChI is InChI=1S/C10H17BrN2O3S/c1-3-5-12-7-8-6-9(10(11)16-8)17(14,15)13-4-2/h6,12-13H,3-5,7H2,1-2H3. The molecule has 1 aromatic heterocycles. The van der Waals surface area contributed by atoms with Gasteiger partial charge in [-0.1, -0.05) is 13.8 Å². The van der Waals surface area contributed by atoms with Crippen molar-refractivity contribution in [2.24, 2.45) is 0 Å². The minimum Gasteiger partial charge on any atom is -0.452 e. The Morgan fingerprint density at radius 2 is 2.12 bits per heavy atom. The summed E-state index contributed by atoms with van der Waals surface area (Å²) < 4.78 is 31.5. The van der Waals surface area contributed by atoms with Gasteiger partial charge in [-0.2, -0.15) is 0 Å². The van der Waals surface area contributed by atoms with Gasteiger partial charge in [-0.25, -0.2) is 13.1 Å². The molecule has 0 aromatic carbocycles. The van der Waals surface area contributed by atoms with Gasteiger partial charge in [0.05, 0.1) is 6.54 Å².